The van der Waals surface area contributed by atoms with Gasteiger partial charge in [-0.2, -0.15) is 0 Å². The lowest BCUT2D eigenvalue weighted by Gasteiger charge is -2.36. The Morgan fingerprint density at radius 2 is 2.08 bits per heavy atom. The van der Waals surface area contributed by atoms with E-state index in [9.17, 15) is 9.18 Å². The van der Waals surface area contributed by atoms with E-state index in [1.54, 1.807) is 25.1 Å². The van der Waals surface area contributed by atoms with Crippen molar-refractivity contribution in [3.05, 3.63) is 59.3 Å². The molecule has 1 amide bonds. The number of methoxy groups -OCH3 is 1. The number of aryl methyl sites for hydroxylation is 1. The van der Waals surface area contributed by atoms with Gasteiger partial charge in [-0.05, 0) is 94.7 Å². The molecule has 2 saturated heterocycles. The second kappa shape index (κ2) is 12.4. The number of carbonyl (C=O) groups is 1. The van der Waals surface area contributed by atoms with Gasteiger partial charge in [0.15, 0.2) is 0 Å². The maximum absolute atomic E-state index is 14.4. The molecule has 216 valence electrons. The predicted molar refractivity (Wildman–Crippen MR) is 156 cm³/mol. The van der Waals surface area contributed by atoms with Gasteiger partial charge in [0.2, 0.25) is 0 Å². The van der Waals surface area contributed by atoms with Crippen LogP contribution in [0, 0.1) is 18.7 Å². The molecule has 7 nitrogen and oxygen atoms in total. The number of nitrogens with zero attached hydrogens (tertiary/aromatic N) is 4. The van der Waals surface area contributed by atoms with Gasteiger partial charge in [0.25, 0.3) is 5.91 Å². The highest BCUT2D eigenvalue weighted by Crippen LogP contribution is 2.33. The number of pyridine rings is 1. The third-order valence-corrected chi connectivity index (χ3v) is 8.80. The Balaban J connectivity index is 1.46. The first-order valence-corrected chi connectivity index (χ1v) is 14.6. The molecule has 3 aromatic rings. The molecule has 2 aliphatic heterocycles. The molecule has 5 rings (SSSR count). The minimum Gasteiger partial charge on any atom is -0.383 e. The number of likely N-dealkylation sites (tertiary alicyclic amines) is 1. The smallest absolute Gasteiger partial charge is 0.256 e. The van der Waals surface area contributed by atoms with E-state index in [2.05, 4.69) is 23.0 Å². The van der Waals surface area contributed by atoms with E-state index in [1.807, 2.05) is 30.8 Å². The third kappa shape index (κ3) is 5.80. The molecule has 2 fully saturated rings. The molecular formula is C32H43FN4O3. The maximum Gasteiger partial charge on any atom is 0.256 e. The van der Waals surface area contributed by atoms with Crippen molar-refractivity contribution in [2.24, 2.45) is 5.92 Å². The summed E-state index contributed by atoms with van der Waals surface area (Å²) in [5.41, 5.74) is 4.29. The van der Waals surface area contributed by atoms with Crippen molar-refractivity contribution in [2.75, 3.05) is 40.5 Å². The minimum atomic E-state index is -0.422. The molecule has 2 aromatic heterocycles. The first-order chi connectivity index (χ1) is 19.3. The summed E-state index contributed by atoms with van der Waals surface area (Å²) in [4.78, 5) is 22.1. The Morgan fingerprint density at radius 1 is 1.25 bits per heavy atom. The molecular weight excluding hydrogens is 507 g/mol. The molecule has 0 saturated carbocycles. The molecule has 40 heavy (non-hydrogen) atoms. The van der Waals surface area contributed by atoms with Gasteiger partial charge in [0.05, 0.1) is 41.7 Å². The first-order valence-electron chi connectivity index (χ1n) is 14.6. The fourth-order valence-corrected chi connectivity index (χ4v) is 6.44. The van der Waals surface area contributed by atoms with Gasteiger partial charge in [-0.1, -0.05) is 0 Å². The number of hydrogen-bond acceptors (Lipinski definition) is 5. The van der Waals surface area contributed by atoms with Crippen LogP contribution in [0.3, 0.4) is 0 Å². The predicted octanol–water partition coefficient (Wildman–Crippen LogP) is 5.40. The average molecular weight is 551 g/mol. The van der Waals surface area contributed by atoms with Crippen LogP contribution in [-0.4, -0.2) is 83.9 Å². The Bertz CT molecular complexity index is 1330. The van der Waals surface area contributed by atoms with Crippen molar-refractivity contribution in [1.82, 2.24) is 19.4 Å². The summed E-state index contributed by atoms with van der Waals surface area (Å²) in [5, 5.41) is 1.16. The van der Waals surface area contributed by atoms with Crippen LogP contribution in [0.5, 0.6) is 0 Å². The Labute approximate surface area is 237 Å². The second-order valence-electron chi connectivity index (χ2n) is 11.8. The average Bonchev–Trinajstić information content (AvgIpc) is 3.57. The van der Waals surface area contributed by atoms with E-state index < -0.39 is 5.82 Å². The normalized spacial score (nSPS) is 20.9. The van der Waals surface area contributed by atoms with Crippen LogP contribution < -0.4 is 0 Å². The summed E-state index contributed by atoms with van der Waals surface area (Å²) in [7, 11) is 3.54. The number of aromatic nitrogens is 2. The van der Waals surface area contributed by atoms with Crippen LogP contribution in [-0.2, 0) is 15.9 Å². The Morgan fingerprint density at radius 3 is 2.80 bits per heavy atom. The molecule has 0 aliphatic carbocycles. The SMILES string of the molecule is COC[C@H](C1CCCCO1)N1CC[C@@H](Cc2cn(-c3ccc(F)cc3C(=O)N(C)C(C)C)c3cncc(C)c23)C1. The highest BCUT2D eigenvalue weighted by Gasteiger charge is 2.35. The zero-order valence-electron chi connectivity index (χ0n) is 24.5. The summed E-state index contributed by atoms with van der Waals surface area (Å²) < 4.78 is 28.2. The fraction of sp³-hybridized carbons (Fsp3) is 0.562. The molecule has 4 heterocycles. The van der Waals surface area contributed by atoms with Crippen LogP contribution in [0.1, 0.15) is 61.0 Å². The van der Waals surface area contributed by atoms with Gasteiger partial charge in [-0.25, -0.2) is 4.39 Å². The lowest BCUT2D eigenvalue weighted by atomic mass is 9.97. The Hall–Kier alpha value is -2.81. The van der Waals surface area contributed by atoms with E-state index in [1.165, 1.54) is 24.1 Å². The number of rotatable bonds is 9. The quantitative estimate of drug-likeness (QED) is 0.357. The summed E-state index contributed by atoms with van der Waals surface area (Å²) in [6.07, 6.45) is 11.6. The topological polar surface area (TPSA) is 59.8 Å². The summed E-state index contributed by atoms with van der Waals surface area (Å²) in [6.45, 7) is 9.57. The van der Waals surface area contributed by atoms with E-state index in [-0.39, 0.29) is 24.1 Å². The van der Waals surface area contributed by atoms with E-state index in [0.29, 0.717) is 23.8 Å². The molecule has 0 radical (unpaired) electrons. The van der Waals surface area contributed by atoms with Crippen molar-refractivity contribution in [1.29, 1.82) is 0 Å². The fourth-order valence-electron chi connectivity index (χ4n) is 6.44. The lowest BCUT2D eigenvalue weighted by molar-refractivity contribution is -0.0581. The van der Waals surface area contributed by atoms with E-state index in [0.717, 1.165) is 61.8 Å². The molecule has 0 bridgehead atoms. The van der Waals surface area contributed by atoms with Crippen molar-refractivity contribution in [2.45, 2.75) is 71.1 Å². The highest BCUT2D eigenvalue weighted by molar-refractivity contribution is 5.99. The van der Waals surface area contributed by atoms with Crippen LogP contribution in [0.2, 0.25) is 0 Å². The molecule has 8 heteroatoms. The standard InChI is InChI=1S/C32H43FN4O3/c1-21(2)35(4)32(38)26-15-25(33)9-10-27(26)37-19-24(31-22(3)16-34-17-28(31)37)14-23-11-12-36(18-23)29(20-39-5)30-8-6-7-13-40-30/h9-10,15-17,19,21,23,29-30H,6-8,11-14,18,20H2,1-5H3/t23-,29+,30?/m0/s1. The molecule has 1 aromatic carbocycles. The maximum atomic E-state index is 14.4. The van der Waals surface area contributed by atoms with Gasteiger partial charge in [-0.3, -0.25) is 14.7 Å². The number of amides is 1. The van der Waals surface area contributed by atoms with E-state index in [4.69, 9.17) is 9.47 Å². The molecule has 3 atom stereocenters. The third-order valence-electron chi connectivity index (χ3n) is 8.80. The van der Waals surface area contributed by atoms with Crippen molar-refractivity contribution in [3.63, 3.8) is 0 Å². The van der Waals surface area contributed by atoms with Crippen LogP contribution in [0.4, 0.5) is 4.39 Å². The van der Waals surface area contributed by atoms with Gasteiger partial charge in [0.1, 0.15) is 5.82 Å². The van der Waals surface area contributed by atoms with Crippen LogP contribution >= 0.6 is 0 Å². The van der Waals surface area contributed by atoms with Gasteiger partial charge < -0.3 is 18.9 Å². The van der Waals surface area contributed by atoms with Gasteiger partial charge in [-0.15, -0.1) is 0 Å². The van der Waals surface area contributed by atoms with Gasteiger partial charge in [0, 0.05) is 51.1 Å². The van der Waals surface area contributed by atoms with E-state index >= 15 is 0 Å². The molecule has 0 N–H and O–H groups in total. The zero-order valence-corrected chi connectivity index (χ0v) is 24.5. The lowest BCUT2D eigenvalue weighted by Crippen LogP contribution is -2.47. The number of halogens is 1. The monoisotopic (exact) mass is 550 g/mol. The minimum absolute atomic E-state index is 0.00393. The van der Waals surface area contributed by atoms with Crippen LogP contribution in [0.15, 0.2) is 36.8 Å². The summed E-state index contributed by atoms with van der Waals surface area (Å²) >= 11 is 0. The highest BCUT2D eigenvalue weighted by atomic mass is 19.1. The molecule has 1 unspecified atom stereocenters. The summed E-state index contributed by atoms with van der Waals surface area (Å²) in [5.74, 6) is -0.126. The number of benzene rings is 1. The zero-order chi connectivity index (χ0) is 28.4. The second-order valence-corrected chi connectivity index (χ2v) is 11.8. The van der Waals surface area contributed by atoms with Crippen molar-refractivity contribution < 1.29 is 18.7 Å². The van der Waals surface area contributed by atoms with Gasteiger partial charge >= 0.3 is 0 Å². The largest absolute Gasteiger partial charge is 0.383 e. The van der Waals surface area contributed by atoms with Crippen molar-refractivity contribution >= 4 is 16.8 Å². The molecule has 0 spiro atoms. The summed E-state index contributed by atoms with van der Waals surface area (Å²) in [6, 6.07) is 4.76. The molecule has 2 aliphatic rings. The number of carbonyl (C=O) groups excluding carboxylic acids is 1. The number of ether oxygens (including phenoxy) is 2. The number of hydrogen-bond donors (Lipinski definition) is 0. The van der Waals surface area contributed by atoms with Crippen LogP contribution in [0.25, 0.3) is 16.6 Å². The van der Waals surface area contributed by atoms with Crippen molar-refractivity contribution in [3.8, 4) is 5.69 Å². The Kier molecular flexibility index (Phi) is 8.88. The first kappa shape index (κ1) is 28.7. The number of fused-ring (bicyclic) bond motifs is 1.